The fourth-order valence-corrected chi connectivity index (χ4v) is 2.57. The summed E-state index contributed by atoms with van der Waals surface area (Å²) in [6.07, 6.45) is 0. The van der Waals surface area contributed by atoms with Gasteiger partial charge in [0.2, 0.25) is 0 Å². The Morgan fingerprint density at radius 3 is 2.68 bits per heavy atom. The van der Waals surface area contributed by atoms with Crippen LogP contribution in [0, 0.1) is 6.92 Å². The highest BCUT2D eigenvalue weighted by Gasteiger charge is 2.14. The SMILES string of the molecule is Cc1nc(C(C)NC(=O)c2ccc(Cl)c(Cl)c2)cs1. The lowest BCUT2D eigenvalue weighted by atomic mass is 10.2. The molecule has 19 heavy (non-hydrogen) atoms. The first-order valence-electron chi connectivity index (χ1n) is 5.65. The highest BCUT2D eigenvalue weighted by atomic mass is 35.5. The minimum Gasteiger partial charge on any atom is -0.344 e. The van der Waals surface area contributed by atoms with Crippen LogP contribution in [-0.2, 0) is 0 Å². The van der Waals surface area contributed by atoms with E-state index in [9.17, 15) is 4.79 Å². The van der Waals surface area contributed by atoms with E-state index in [1.54, 1.807) is 29.5 Å². The number of nitrogens with one attached hydrogen (secondary N) is 1. The molecular formula is C13H12Cl2N2OS. The first-order chi connectivity index (χ1) is 8.97. The molecule has 0 fully saturated rings. The Morgan fingerprint density at radius 1 is 1.37 bits per heavy atom. The molecule has 0 saturated carbocycles. The molecule has 3 nitrogen and oxygen atoms in total. The molecule has 6 heteroatoms. The van der Waals surface area contributed by atoms with Crippen LogP contribution in [0.4, 0.5) is 0 Å². The van der Waals surface area contributed by atoms with Gasteiger partial charge in [-0.3, -0.25) is 4.79 Å². The van der Waals surface area contributed by atoms with Gasteiger partial charge in [0.05, 0.1) is 26.8 Å². The molecule has 100 valence electrons. The van der Waals surface area contributed by atoms with Crippen molar-refractivity contribution in [3.8, 4) is 0 Å². The zero-order valence-corrected chi connectivity index (χ0v) is 12.7. The van der Waals surface area contributed by atoms with Gasteiger partial charge in [0.1, 0.15) is 0 Å². The summed E-state index contributed by atoms with van der Waals surface area (Å²) >= 11 is 13.3. The van der Waals surface area contributed by atoms with Crippen molar-refractivity contribution in [2.24, 2.45) is 0 Å². The molecule has 1 atom stereocenters. The molecule has 0 bridgehead atoms. The minimum atomic E-state index is -0.197. The fourth-order valence-electron chi connectivity index (χ4n) is 1.57. The van der Waals surface area contributed by atoms with Gasteiger partial charge < -0.3 is 5.32 Å². The molecule has 0 aliphatic carbocycles. The number of aryl methyl sites for hydroxylation is 1. The quantitative estimate of drug-likeness (QED) is 0.920. The summed E-state index contributed by atoms with van der Waals surface area (Å²) in [5.41, 5.74) is 1.34. The fraction of sp³-hybridized carbons (Fsp3) is 0.231. The average molecular weight is 315 g/mol. The molecule has 2 aromatic rings. The zero-order chi connectivity index (χ0) is 14.0. The van der Waals surface area contributed by atoms with E-state index >= 15 is 0 Å². The third-order valence-electron chi connectivity index (χ3n) is 2.61. The molecule has 0 aliphatic rings. The highest BCUT2D eigenvalue weighted by molar-refractivity contribution is 7.09. The summed E-state index contributed by atoms with van der Waals surface area (Å²) < 4.78 is 0. The van der Waals surface area contributed by atoms with Crippen LogP contribution in [0.15, 0.2) is 23.6 Å². The van der Waals surface area contributed by atoms with Crippen molar-refractivity contribution in [1.82, 2.24) is 10.3 Å². The van der Waals surface area contributed by atoms with Crippen molar-refractivity contribution >= 4 is 40.4 Å². The molecule has 0 spiro atoms. The summed E-state index contributed by atoms with van der Waals surface area (Å²) in [5.74, 6) is -0.197. The molecule has 0 aliphatic heterocycles. The number of nitrogens with zero attached hydrogens (tertiary/aromatic N) is 1. The van der Waals surface area contributed by atoms with Gasteiger partial charge in [-0.25, -0.2) is 4.98 Å². The molecule has 1 amide bonds. The maximum atomic E-state index is 12.1. The summed E-state index contributed by atoms with van der Waals surface area (Å²) in [6, 6.07) is 4.66. The number of hydrogen-bond acceptors (Lipinski definition) is 3. The standard InChI is InChI=1S/C13H12Cl2N2OS/c1-7(12-6-19-8(2)17-12)16-13(18)9-3-4-10(14)11(15)5-9/h3-7H,1-2H3,(H,16,18). The molecule has 2 rings (SSSR count). The Hall–Kier alpha value is -1.10. The van der Waals surface area contributed by atoms with E-state index < -0.39 is 0 Å². The first-order valence-corrected chi connectivity index (χ1v) is 7.29. The van der Waals surface area contributed by atoms with Gasteiger partial charge in [-0.05, 0) is 32.0 Å². The number of halogens is 2. The lowest BCUT2D eigenvalue weighted by Gasteiger charge is -2.12. The van der Waals surface area contributed by atoms with Crippen molar-refractivity contribution in [1.29, 1.82) is 0 Å². The smallest absolute Gasteiger partial charge is 0.251 e. The van der Waals surface area contributed by atoms with Gasteiger partial charge in [-0.1, -0.05) is 23.2 Å². The zero-order valence-electron chi connectivity index (χ0n) is 10.4. The Morgan fingerprint density at radius 2 is 2.11 bits per heavy atom. The maximum absolute atomic E-state index is 12.1. The largest absolute Gasteiger partial charge is 0.344 e. The van der Waals surface area contributed by atoms with Gasteiger partial charge in [-0.15, -0.1) is 11.3 Å². The van der Waals surface area contributed by atoms with E-state index in [1.807, 2.05) is 19.2 Å². The molecule has 1 unspecified atom stereocenters. The highest BCUT2D eigenvalue weighted by Crippen LogP contribution is 2.23. The predicted octanol–water partition coefficient (Wildman–Crippen LogP) is 4.25. The van der Waals surface area contributed by atoms with Crippen molar-refractivity contribution in [3.63, 3.8) is 0 Å². The summed E-state index contributed by atoms with van der Waals surface area (Å²) in [5, 5.41) is 6.59. The van der Waals surface area contributed by atoms with E-state index in [-0.39, 0.29) is 11.9 Å². The van der Waals surface area contributed by atoms with Crippen LogP contribution in [0.2, 0.25) is 10.0 Å². The van der Waals surface area contributed by atoms with Crippen LogP contribution < -0.4 is 5.32 Å². The van der Waals surface area contributed by atoms with Crippen molar-refractivity contribution < 1.29 is 4.79 Å². The monoisotopic (exact) mass is 314 g/mol. The lowest BCUT2D eigenvalue weighted by molar-refractivity contribution is 0.0939. The van der Waals surface area contributed by atoms with E-state index in [0.29, 0.717) is 15.6 Å². The molecule has 1 N–H and O–H groups in total. The molecule has 1 heterocycles. The number of carbonyl (C=O) groups is 1. The number of amides is 1. The van der Waals surface area contributed by atoms with E-state index in [1.165, 1.54) is 0 Å². The van der Waals surface area contributed by atoms with Crippen molar-refractivity contribution in [2.75, 3.05) is 0 Å². The van der Waals surface area contributed by atoms with Crippen molar-refractivity contribution in [3.05, 3.63) is 49.9 Å². The van der Waals surface area contributed by atoms with Gasteiger partial charge in [0.15, 0.2) is 0 Å². The lowest BCUT2D eigenvalue weighted by Crippen LogP contribution is -2.26. The molecule has 0 saturated heterocycles. The Bertz CT molecular complexity index is 612. The van der Waals surface area contributed by atoms with Crippen LogP contribution in [0.5, 0.6) is 0 Å². The van der Waals surface area contributed by atoms with Crippen LogP contribution in [-0.4, -0.2) is 10.9 Å². The molecular weight excluding hydrogens is 303 g/mol. The summed E-state index contributed by atoms with van der Waals surface area (Å²) in [7, 11) is 0. The average Bonchev–Trinajstić information content (AvgIpc) is 2.79. The number of rotatable bonds is 3. The number of hydrogen-bond donors (Lipinski definition) is 1. The van der Waals surface area contributed by atoms with E-state index in [4.69, 9.17) is 23.2 Å². The second-order valence-electron chi connectivity index (χ2n) is 4.12. The topological polar surface area (TPSA) is 42.0 Å². The molecule has 0 radical (unpaired) electrons. The normalized spacial score (nSPS) is 12.2. The van der Waals surface area contributed by atoms with Crippen LogP contribution in [0.25, 0.3) is 0 Å². The number of aromatic nitrogens is 1. The molecule has 1 aromatic carbocycles. The predicted molar refractivity (Wildman–Crippen MR) is 79.2 cm³/mol. The van der Waals surface area contributed by atoms with Gasteiger partial charge >= 0.3 is 0 Å². The Labute approximate surface area is 125 Å². The van der Waals surface area contributed by atoms with Gasteiger partial charge in [-0.2, -0.15) is 0 Å². The van der Waals surface area contributed by atoms with Crippen LogP contribution in [0.3, 0.4) is 0 Å². The second kappa shape index (κ2) is 5.90. The maximum Gasteiger partial charge on any atom is 0.251 e. The number of carbonyl (C=O) groups excluding carboxylic acids is 1. The molecule has 1 aromatic heterocycles. The second-order valence-corrected chi connectivity index (χ2v) is 5.99. The number of benzene rings is 1. The third-order valence-corrected chi connectivity index (χ3v) is 4.14. The van der Waals surface area contributed by atoms with Gasteiger partial charge in [0.25, 0.3) is 5.91 Å². The van der Waals surface area contributed by atoms with Crippen molar-refractivity contribution in [2.45, 2.75) is 19.9 Å². The van der Waals surface area contributed by atoms with E-state index in [2.05, 4.69) is 10.3 Å². The summed E-state index contributed by atoms with van der Waals surface area (Å²) in [4.78, 5) is 16.4. The Balaban J connectivity index is 2.10. The minimum absolute atomic E-state index is 0.146. The third kappa shape index (κ3) is 3.47. The summed E-state index contributed by atoms with van der Waals surface area (Å²) in [6.45, 7) is 3.82. The number of thiazole rings is 1. The van der Waals surface area contributed by atoms with Gasteiger partial charge in [0, 0.05) is 10.9 Å². The van der Waals surface area contributed by atoms with Crippen LogP contribution in [0.1, 0.15) is 34.0 Å². The Kier molecular flexibility index (Phi) is 4.45. The van der Waals surface area contributed by atoms with E-state index in [0.717, 1.165) is 10.7 Å². The first kappa shape index (κ1) is 14.3. The van der Waals surface area contributed by atoms with Crippen LogP contribution >= 0.6 is 34.5 Å².